The highest BCUT2D eigenvalue weighted by Crippen LogP contribution is 2.27. The van der Waals surface area contributed by atoms with Crippen LogP contribution in [0.25, 0.3) is 0 Å². The summed E-state index contributed by atoms with van der Waals surface area (Å²) in [7, 11) is 1.81. The second-order valence-corrected chi connectivity index (χ2v) is 4.77. The van der Waals surface area contributed by atoms with E-state index in [0.29, 0.717) is 12.1 Å². The van der Waals surface area contributed by atoms with Gasteiger partial charge in [-0.15, -0.1) is 0 Å². The zero-order chi connectivity index (χ0) is 9.35. The molecule has 0 N–H and O–H groups in total. The second kappa shape index (κ2) is 3.35. The van der Waals surface area contributed by atoms with Crippen LogP contribution in [-0.4, -0.2) is 36.2 Å². The van der Waals surface area contributed by atoms with Gasteiger partial charge in [0.25, 0.3) is 0 Å². The molecule has 72 valence electrons. The van der Waals surface area contributed by atoms with Gasteiger partial charge in [-0.25, -0.2) is 0 Å². The molecule has 1 fully saturated rings. The highest BCUT2D eigenvalue weighted by Gasteiger charge is 2.35. The summed E-state index contributed by atoms with van der Waals surface area (Å²) >= 11 is 0. The molecule has 1 heterocycles. The van der Waals surface area contributed by atoms with Crippen LogP contribution in [0.5, 0.6) is 0 Å². The lowest BCUT2D eigenvalue weighted by Gasteiger charge is -2.35. The van der Waals surface area contributed by atoms with E-state index in [0.717, 1.165) is 6.54 Å². The minimum atomic E-state index is 0.284. The van der Waals surface area contributed by atoms with Crippen molar-refractivity contribution in [2.75, 3.05) is 13.7 Å². The SMILES string of the molecule is CO[C@@H]1C[C@@H](C)N(C(C)(C)C)C1. The van der Waals surface area contributed by atoms with Gasteiger partial charge < -0.3 is 4.74 Å². The van der Waals surface area contributed by atoms with Crippen molar-refractivity contribution in [2.24, 2.45) is 0 Å². The lowest BCUT2D eigenvalue weighted by molar-refractivity contribution is 0.0832. The summed E-state index contributed by atoms with van der Waals surface area (Å²) in [5.41, 5.74) is 0.284. The molecule has 0 radical (unpaired) electrons. The fraction of sp³-hybridized carbons (Fsp3) is 1.00. The minimum Gasteiger partial charge on any atom is -0.380 e. The van der Waals surface area contributed by atoms with Crippen molar-refractivity contribution < 1.29 is 4.74 Å². The van der Waals surface area contributed by atoms with Crippen molar-refractivity contribution in [3.8, 4) is 0 Å². The normalized spacial score (nSPS) is 32.8. The summed E-state index contributed by atoms with van der Waals surface area (Å²) in [6.07, 6.45) is 1.62. The monoisotopic (exact) mass is 171 g/mol. The Morgan fingerprint density at radius 1 is 1.33 bits per heavy atom. The van der Waals surface area contributed by atoms with E-state index < -0.39 is 0 Å². The van der Waals surface area contributed by atoms with Crippen molar-refractivity contribution in [3.05, 3.63) is 0 Å². The fourth-order valence-electron chi connectivity index (χ4n) is 2.09. The Kier molecular flexibility index (Phi) is 2.79. The zero-order valence-corrected chi connectivity index (χ0v) is 8.92. The lowest BCUT2D eigenvalue weighted by atomic mass is 10.1. The van der Waals surface area contributed by atoms with E-state index >= 15 is 0 Å². The number of nitrogens with zero attached hydrogens (tertiary/aromatic N) is 1. The van der Waals surface area contributed by atoms with Gasteiger partial charge in [0.2, 0.25) is 0 Å². The second-order valence-electron chi connectivity index (χ2n) is 4.77. The Bertz CT molecular complexity index is 150. The van der Waals surface area contributed by atoms with Crippen LogP contribution < -0.4 is 0 Å². The molecule has 0 aliphatic carbocycles. The average molecular weight is 171 g/mol. The van der Waals surface area contributed by atoms with Crippen LogP contribution in [-0.2, 0) is 4.74 Å². The van der Waals surface area contributed by atoms with Crippen LogP contribution in [0, 0.1) is 0 Å². The van der Waals surface area contributed by atoms with E-state index in [1.807, 2.05) is 7.11 Å². The zero-order valence-electron chi connectivity index (χ0n) is 8.92. The van der Waals surface area contributed by atoms with Crippen molar-refractivity contribution in [2.45, 2.75) is 51.8 Å². The molecule has 0 aromatic heterocycles. The van der Waals surface area contributed by atoms with Gasteiger partial charge in [0.1, 0.15) is 0 Å². The first-order valence-electron chi connectivity index (χ1n) is 4.74. The molecule has 0 aromatic rings. The molecular weight excluding hydrogens is 150 g/mol. The third kappa shape index (κ3) is 1.99. The first-order chi connectivity index (χ1) is 5.45. The molecule has 2 heteroatoms. The van der Waals surface area contributed by atoms with Crippen LogP contribution in [0.3, 0.4) is 0 Å². The van der Waals surface area contributed by atoms with Crippen LogP contribution in [0.15, 0.2) is 0 Å². The quantitative estimate of drug-likeness (QED) is 0.597. The van der Waals surface area contributed by atoms with E-state index in [1.165, 1.54) is 6.42 Å². The number of hydrogen-bond acceptors (Lipinski definition) is 2. The maximum Gasteiger partial charge on any atom is 0.0713 e. The van der Waals surface area contributed by atoms with Gasteiger partial charge in [-0.1, -0.05) is 0 Å². The van der Waals surface area contributed by atoms with Crippen LogP contribution >= 0.6 is 0 Å². The number of ether oxygens (including phenoxy) is 1. The topological polar surface area (TPSA) is 12.5 Å². The lowest BCUT2D eigenvalue weighted by Crippen LogP contribution is -2.43. The maximum absolute atomic E-state index is 5.37. The Morgan fingerprint density at radius 3 is 2.17 bits per heavy atom. The Labute approximate surface area is 75.9 Å². The van der Waals surface area contributed by atoms with Gasteiger partial charge in [0.05, 0.1) is 6.10 Å². The summed E-state index contributed by atoms with van der Waals surface area (Å²) in [5, 5.41) is 0. The van der Waals surface area contributed by atoms with Crippen molar-refractivity contribution in [3.63, 3.8) is 0 Å². The summed E-state index contributed by atoms with van der Waals surface area (Å²) in [4.78, 5) is 2.52. The van der Waals surface area contributed by atoms with Crippen LogP contribution in [0.1, 0.15) is 34.1 Å². The molecule has 2 atom stereocenters. The number of methoxy groups -OCH3 is 1. The predicted octanol–water partition coefficient (Wildman–Crippen LogP) is 1.89. The molecule has 0 aromatic carbocycles. The van der Waals surface area contributed by atoms with Crippen LogP contribution in [0.4, 0.5) is 0 Å². The van der Waals surface area contributed by atoms with Gasteiger partial charge in [-0.05, 0) is 34.1 Å². The molecule has 2 nitrogen and oxygen atoms in total. The molecule has 0 amide bonds. The number of likely N-dealkylation sites (tertiary alicyclic amines) is 1. The fourth-order valence-corrected chi connectivity index (χ4v) is 2.09. The number of hydrogen-bond donors (Lipinski definition) is 0. The summed E-state index contributed by atoms with van der Waals surface area (Å²) in [5.74, 6) is 0. The molecule has 0 bridgehead atoms. The van der Waals surface area contributed by atoms with Gasteiger partial charge in [-0.3, -0.25) is 4.90 Å². The first kappa shape index (κ1) is 10.0. The van der Waals surface area contributed by atoms with Crippen molar-refractivity contribution in [1.29, 1.82) is 0 Å². The Morgan fingerprint density at radius 2 is 1.92 bits per heavy atom. The molecule has 1 aliphatic heterocycles. The standard InChI is InChI=1S/C10H21NO/c1-8-6-9(12-5)7-11(8)10(2,3)4/h8-9H,6-7H2,1-5H3/t8-,9-/m1/s1. The molecule has 1 rings (SSSR count). The first-order valence-corrected chi connectivity index (χ1v) is 4.74. The average Bonchev–Trinajstić information content (AvgIpc) is 2.29. The molecular formula is C10H21NO. The van der Waals surface area contributed by atoms with Crippen LogP contribution in [0.2, 0.25) is 0 Å². The molecule has 0 unspecified atom stereocenters. The van der Waals surface area contributed by atoms with Gasteiger partial charge in [0.15, 0.2) is 0 Å². The Balaban J connectivity index is 2.58. The number of rotatable bonds is 1. The van der Waals surface area contributed by atoms with E-state index in [2.05, 4.69) is 32.6 Å². The van der Waals surface area contributed by atoms with Crippen molar-refractivity contribution >= 4 is 0 Å². The summed E-state index contributed by atoms with van der Waals surface area (Å²) in [6.45, 7) is 10.2. The Hall–Kier alpha value is -0.0800. The smallest absolute Gasteiger partial charge is 0.0713 e. The third-order valence-corrected chi connectivity index (χ3v) is 2.73. The molecule has 0 spiro atoms. The van der Waals surface area contributed by atoms with E-state index in [1.54, 1.807) is 0 Å². The van der Waals surface area contributed by atoms with E-state index in [9.17, 15) is 0 Å². The van der Waals surface area contributed by atoms with E-state index in [-0.39, 0.29) is 5.54 Å². The highest BCUT2D eigenvalue weighted by molar-refractivity contribution is 4.90. The summed E-state index contributed by atoms with van der Waals surface area (Å²) in [6, 6.07) is 0.662. The maximum atomic E-state index is 5.37. The third-order valence-electron chi connectivity index (χ3n) is 2.73. The summed E-state index contributed by atoms with van der Waals surface area (Å²) < 4.78 is 5.37. The molecule has 0 saturated carbocycles. The predicted molar refractivity (Wildman–Crippen MR) is 51.3 cm³/mol. The molecule has 12 heavy (non-hydrogen) atoms. The van der Waals surface area contributed by atoms with Gasteiger partial charge in [-0.2, -0.15) is 0 Å². The van der Waals surface area contributed by atoms with Gasteiger partial charge in [0, 0.05) is 25.2 Å². The molecule has 1 aliphatic rings. The largest absolute Gasteiger partial charge is 0.380 e. The van der Waals surface area contributed by atoms with Crippen molar-refractivity contribution in [1.82, 2.24) is 4.90 Å². The minimum absolute atomic E-state index is 0.284. The van der Waals surface area contributed by atoms with E-state index in [4.69, 9.17) is 4.74 Å². The van der Waals surface area contributed by atoms with Gasteiger partial charge >= 0.3 is 0 Å². The highest BCUT2D eigenvalue weighted by atomic mass is 16.5. The molecule has 1 saturated heterocycles.